The maximum absolute atomic E-state index is 12.2. The van der Waals surface area contributed by atoms with Crippen molar-refractivity contribution in [1.29, 1.82) is 0 Å². The van der Waals surface area contributed by atoms with Crippen LogP contribution in [0.15, 0.2) is 24.3 Å². The van der Waals surface area contributed by atoms with E-state index in [0.29, 0.717) is 24.5 Å². The van der Waals surface area contributed by atoms with Crippen molar-refractivity contribution in [2.45, 2.75) is 25.6 Å². The van der Waals surface area contributed by atoms with Crippen molar-refractivity contribution in [3.63, 3.8) is 0 Å². The van der Waals surface area contributed by atoms with Crippen LogP contribution >= 0.6 is 0 Å². The summed E-state index contributed by atoms with van der Waals surface area (Å²) in [4.78, 5) is 13.7. The Morgan fingerprint density at radius 1 is 1.47 bits per heavy atom. The van der Waals surface area contributed by atoms with E-state index in [2.05, 4.69) is 0 Å². The molecule has 19 heavy (non-hydrogen) atoms. The van der Waals surface area contributed by atoms with Crippen LogP contribution in [-0.4, -0.2) is 48.3 Å². The lowest BCUT2D eigenvalue weighted by Crippen LogP contribution is -2.45. The van der Waals surface area contributed by atoms with Gasteiger partial charge in [0.05, 0.1) is 6.10 Å². The quantitative estimate of drug-likeness (QED) is 0.884. The molecule has 0 bridgehead atoms. The van der Waals surface area contributed by atoms with E-state index in [1.54, 1.807) is 24.9 Å². The molecule has 2 unspecified atom stereocenters. The third-order valence-electron chi connectivity index (χ3n) is 3.04. The summed E-state index contributed by atoms with van der Waals surface area (Å²) in [6, 6.07) is 7.29. The van der Waals surface area contributed by atoms with Gasteiger partial charge in [-0.3, -0.25) is 4.79 Å². The SMILES string of the molecule is CC(O)CCN(C)C(=O)C1COc2ccccc2O1. The molecule has 0 saturated carbocycles. The van der Waals surface area contributed by atoms with E-state index >= 15 is 0 Å². The molecule has 1 aromatic rings. The number of carbonyl (C=O) groups is 1. The normalized spacial score (nSPS) is 18.8. The molecule has 2 atom stereocenters. The third kappa shape index (κ3) is 3.38. The first kappa shape index (κ1) is 13.7. The highest BCUT2D eigenvalue weighted by Gasteiger charge is 2.29. The van der Waals surface area contributed by atoms with Crippen LogP contribution in [0.1, 0.15) is 13.3 Å². The zero-order valence-corrected chi connectivity index (χ0v) is 11.2. The van der Waals surface area contributed by atoms with Crippen molar-refractivity contribution >= 4 is 5.91 Å². The largest absolute Gasteiger partial charge is 0.485 e. The van der Waals surface area contributed by atoms with Gasteiger partial charge in [0.25, 0.3) is 5.91 Å². The number of hydrogen-bond acceptors (Lipinski definition) is 4. The predicted molar refractivity (Wildman–Crippen MR) is 70.3 cm³/mol. The summed E-state index contributed by atoms with van der Waals surface area (Å²) in [5.41, 5.74) is 0. The van der Waals surface area contributed by atoms with E-state index in [9.17, 15) is 9.90 Å². The lowest BCUT2D eigenvalue weighted by atomic mass is 10.2. The second-order valence-corrected chi connectivity index (χ2v) is 4.76. The van der Waals surface area contributed by atoms with Gasteiger partial charge in [0, 0.05) is 13.6 Å². The maximum atomic E-state index is 12.2. The number of nitrogens with zero attached hydrogens (tertiary/aromatic N) is 1. The van der Waals surface area contributed by atoms with Crippen molar-refractivity contribution in [3.8, 4) is 11.5 Å². The Balaban J connectivity index is 1.95. The molecule has 0 spiro atoms. The van der Waals surface area contributed by atoms with Crippen LogP contribution in [0.4, 0.5) is 0 Å². The fraction of sp³-hybridized carbons (Fsp3) is 0.500. The summed E-state index contributed by atoms with van der Waals surface area (Å²) in [6.07, 6.45) is -0.486. The summed E-state index contributed by atoms with van der Waals surface area (Å²) in [5.74, 6) is 1.13. The smallest absolute Gasteiger partial charge is 0.267 e. The molecule has 0 radical (unpaired) electrons. The van der Waals surface area contributed by atoms with Crippen molar-refractivity contribution in [2.24, 2.45) is 0 Å². The van der Waals surface area contributed by atoms with Crippen molar-refractivity contribution in [2.75, 3.05) is 20.2 Å². The van der Waals surface area contributed by atoms with Gasteiger partial charge in [0.15, 0.2) is 11.5 Å². The molecular formula is C14H19NO4. The molecule has 0 fully saturated rings. The van der Waals surface area contributed by atoms with E-state index < -0.39 is 12.2 Å². The molecule has 0 saturated heterocycles. The van der Waals surface area contributed by atoms with Gasteiger partial charge >= 0.3 is 0 Å². The average molecular weight is 265 g/mol. The van der Waals surface area contributed by atoms with E-state index in [-0.39, 0.29) is 12.5 Å². The van der Waals surface area contributed by atoms with Crippen LogP contribution in [0.25, 0.3) is 0 Å². The fourth-order valence-corrected chi connectivity index (χ4v) is 1.88. The van der Waals surface area contributed by atoms with Gasteiger partial charge in [0.1, 0.15) is 6.61 Å². The van der Waals surface area contributed by atoms with E-state index in [1.807, 2.05) is 18.2 Å². The molecular weight excluding hydrogens is 246 g/mol. The molecule has 0 aliphatic carbocycles. The molecule has 1 heterocycles. The Morgan fingerprint density at radius 3 is 2.84 bits per heavy atom. The highest BCUT2D eigenvalue weighted by Crippen LogP contribution is 2.31. The first-order valence-corrected chi connectivity index (χ1v) is 6.39. The van der Waals surface area contributed by atoms with Crippen LogP contribution in [0.3, 0.4) is 0 Å². The van der Waals surface area contributed by atoms with Crippen molar-refractivity contribution in [1.82, 2.24) is 4.90 Å². The first-order chi connectivity index (χ1) is 9.08. The molecule has 1 aliphatic rings. The number of likely N-dealkylation sites (N-methyl/N-ethyl adjacent to an activating group) is 1. The van der Waals surface area contributed by atoms with E-state index in [0.717, 1.165) is 0 Å². The Kier molecular flexibility index (Phi) is 4.27. The van der Waals surface area contributed by atoms with Crippen molar-refractivity contribution in [3.05, 3.63) is 24.3 Å². The molecule has 0 aromatic heterocycles. The molecule has 104 valence electrons. The Hall–Kier alpha value is -1.75. The number of aliphatic hydroxyl groups excluding tert-OH is 1. The van der Waals surface area contributed by atoms with Crippen LogP contribution in [-0.2, 0) is 4.79 Å². The van der Waals surface area contributed by atoms with Crippen LogP contribution in [0, 0.1) is 0 Å². The van der Waals surface area contributed by atoms with E-state index in [1.165, 1.54) is 0 Å². The molecule has 1 amide bonds. The molecule has 1 aromatic carbocycles. The van der Waals surface area contributed by atoms with Gasteiger partial charge in [-0.15, -0.1) is 0 Å². The zero-order chi connectivity index (χ0) is 13.8. The summed E-state index contributed by atoms with van der Waals surface area (Å²) < 4.78 is 11.2. The highest BCUT2D eigenvalue weighted by molar-refractivity contribution is 5.81. The highest BCUT2D eigenvalue weighted by atomic mass is 16.6. The summed E-state index contributed by atoms with van der Waals surface area (Å²) in [5, 5.41) is 9.23. The molecule has 1 N–H and O–H groups in total. The standard InChI is InChI=1S/C14H19NO4/c1-10(16)7-8-15(2)14(17)13-9-18-11-5-3-4-6-12(11)19-13/h3-6,10,13,16H,7-9H2,1-2H3. The van der Waals surface area contributed by atoms with Crippen LogP contribution in [0.5, 0.6) is 11.5 Å². The zero-order valence-electron chi connectivity index (χ0n) is 11.2. The molecule has 5 nitrogen and oxygen atoms in total. The second kappa shape index (κ2) is 5.93. The number of benzene rings is 1. The monoisotopic (exact) mass is 265 g/mol. The summed E-state index contributed by atoms with van der Waals surface area (Å²) in [7, 11) is 1.70. The Labute approximate surface area is 112 Å². The number of hydrogen-bond donors (Lipinski definition) is 1. The van der Waals surface area contributed by atoms with Gasteiger partial charge in [-0.25, -0.2) is 0 Å². The Bertz CT molecular complexity index is 447. The third-order valence-corrected chi connectivity index (χ3v) is 3.04. The molecule has 1 aliphatic heterocycles. The number of ether oxygens (including phenoxy) is 2. The van der Waals surface area contributed by atoms with Gasteiger partial charge in [-0.1, -0.05) is 12.1 Å². The fourth-order valence-electron chi connectivity index (χ4n) is 1.88. The predicted octanol–water partition coefficient (Wildman–Crippen LogP) is 1.06. The number of aliphatic hydroxyl groups is 1. The number of rotatable bonds is 4. The van der Waals surface area contributed by atoms with Crippen LogP contribution < -0.4 is 9.47 Å². The number of amides is 1. The maximum Gasteiger partial charge on any atom is 0.267 e. The van der Waals surface area contributed by atoms with Crippen molar-refractivity contribution < 1.29 is 19.4 Å². The molecule has 5 heteroatoms. The first-order valence-electron chi connectivity index (χ1n) is 6.39. The topological polar surface area (TPSA) is 59.0 Å². The minimum absolute atomic E-state index is 0.129. The lowest BCUT2D eigenvalue weighted by Gasteiger charge is -2.29. The van der Waals surface area contributed by atoms with Gasteiger partial charge in [-0.05, 0) is 25.5 Å². The minimum Gasteiger partial charge on any atom is -0.485 e. The second-order valence-electron chi connectivity index (χ2n) is 4.76. The number of carbonyl (C=O) groups excluding carboxylic acids is 1. The lowest BCUT2D eigenvalue weighted by molar-refractivity contribution is -0.140. The minimum atomic E-state index is -0.617. The van der Waals surface area contributed by atoms with Gasteiger partial charge in [-0.2, -0.15) is 0 Å². The summed E-state index contributed by atoms with van der Waals surface area (Å²) >= 11 is 0. The van der Waals surface area contributed by atoms with Crippen LogP contribution in [0.2, 0.25) is 0 Å². The summed E-state index contributed by atoms with van der Waals surface area (Å²) in [6.45, 7) is 2.42. The molecule has 2 rings (SSSR count). The average Bonchev–Trinajstić information content (AvgIpc) is 2.43. The van der Waals surface area contributed by atoms with Gasteiger partial charge in [0.2, 0.25) is 6.10 Å². The Morgan fingerprint density at radius 2 is 2.16 bits per heavy atom. The number of para-hydroxylation sites is 2. The van der Waals surface area contributed by atoms with Gasteiger partial charge < -0.3 is 19.5 Å². The number of fused-ring (bicyclic) bond motifs is 1. The van der Waals surface area contributed by atoms with E-state index in [4.69, 9.17) is 9.47 Å².